The lowest BCUT2D eigenvalue weighted by atomic mass is 9.48. The van der Waals surface area contributed by atoms with Crippen LogP contribution in [-0.2, 0) is 28.6 Å². The van der Waals surface area contributed by atoms with Gasteiger partial charge in [0.1, 0.15) is 12.6 Å². The zero-order chi connectivity index (χ0) is 19.8. The molecule has 150 valence electrons. The van der Waals surface area contributed by atoms with Gasteiger partial charge in [-0.3, -0.25) is 14.4 Å². The molecular formula is C21H30O6. The molecule has 6 heteroatoms. The SMILES string of the molecule is CCOC(=O)C[C@@H]1C(C)=CC(=O)[C@@H]2C[C@@H](OCOC)[C@H]3CC(=O)C[C@H]3[C@@]12C. The second kappa shape index (κ2) is 7.84. The van der Waals surface area contributed by atoms with Crippen LogP contribution < -0.4 is 0 Å². The summed E-state index contributed by atoms with van der Waals surface area (Å²) in [5, 5.41) is 0. The third-order valence-corrected chi connectivity index (χ3v) is 7.01. The number of esters is 1. The van der Waals surface area contributed by atoms with Crippen molar-refractivity contribution < 1.29 is 28.6 Å². The Morgan fingerprint density at radius 3 is 2.70 bits per heavy atom. The summed E-state index contributed by atoms with van der Waals surface area (Å²) < 4.78 is 16.1. The molecule has 0 N–H and O–H groups in total. The molecule has 0 bridgehead atoms. The minimum Gasteiger partial charge on any atom is -0.466 e. The summed E-state index contributed by atoms with van der Waals surface area (Å²) in [7, 11) is 1.57. The van der Waals surface area contributed by atoms with Gasteiger partial charge in [-0.2, -0.15) is 0 Å². The average molecular weight is 378 g/mol. The molecule has 0 heterocycles. The molecule has 0 unspecified atom stereocenters. The predicted octanol–water partition coefficient (Wildman–Crippen LogP) is 2.70. The van der Waals surface area contributed by atoms with E-state index in [0.29, 0.717) is 25.9 Å². The van der Waals surface area contributed by atoms with Crippen molar-refractivity contribution in [3.05, 3.63) is 11.6 Å². The number of methoxy groups -OCH3 is 1. The highest BCUT2D eigenvalue weighted by Crippen LogP contribution is 2.61. The van der Waals surface area contributed by atoms with Crippen LogP contribution in [0.3, 0.4) is 0 Å². The molecule has 0 aromatic carbocycles. The largest absolute Gasteiger partial charge is 0.466 e. The van der Waals surface area contributed by atoms with Crippen LogP contribution in [0.15, 0.2) is 11.6 Å². The van der Waals surface area contributed by atoms with E-state index in [-0.39, 0.29) is 60.5 Å². The number of ketones is 2. The molecule has 3 rings (SSSR count). The molecule has 3 aliphatic carbocycles. The van der Waals surface area contributed by atoms with Crippen molar-refractivity contribution in [1.29, 1.82) is 0 Å². The fourth-order valence-corrected chi connectivity index (χ4v) is 5.83. The highest BCUT2D eigenvalue weighted by Gasteiger charge is 2.61. The number of carbonyl (C=O) groups is 3. The van der Waals surface area contributed by atoms with Gasteiger partial charge in [0.25, 0.3) is 0 Å². The number of rotatable bonds is 6. The minimum atomic E-state index is -0.438. The van der Waals surface area contributed by atoms with Crippen LogP contribution in [0, 0.1) is 29.1 Å². The first-order chi connectivity index (χ1) is 12.8. The van der Waals surface area contributed by atoms with Crippen molar-refractivity contribution in [2.75, 3.05) is 20.5 Å². The summed E-state index contributed by atoms with van der Waals surface area (Å²) in [5.74, 6) is -0.208. The van der Waals surface area contributed by atoms with E-state index in [2.05, 4.69) is 6.92 Å². The molecular weight excluding hydrogens is 348 g/mol. The maximum atomic E-state index is 12.9. The van der Waals surface area contributed by atoms with E-state index in [1.165, 1.54) is 0 Å². The van der Waals surface area contributed by atoms with Gasteiger partial charge in [0.2, 0.25) is 0 Å². The van der Waals surface area contributed by atoms with Crippen molar-refractivity contribution >= 4 is 17.5 Å². The Morgan fingerprint density at radius 2 is 2.04 bits per heavy atom. The molecule has 2 fully saturated rings. The van der Waals surface area contributed by atoms with E-state index in [1.807, 2.05) is 6.92 Å². The van der Waals surface area contributed by atoms with Crippen molar-refractivity contribution in [3.63, 3.8) is 0 Å². The second-order valence-electron chi connectivity index (χ2n) is 8.34. The Kier molecular flexibility index (Phi) is 5.87. The van der Waals surface area contributed by atoms with Gasteiger partial charge in [-0.15, -0.1) is 0 Å². The number of hydrogen-bond donors (Lipinski definition) is 0. The van der Waals surface area contributed by atoms with Gasteiger partial charge in [0, 0.05) is 25.9 Å². The Balaban J connectivity index is 1.98. The lowest BCUT2D eigenvalue weighted by Gasteiger charge is -2.56. The lowest BCUT2D eigenvalue weighted by molar-refractivity contribution is -0.169. The molecule has 0 spiro atoms. The van der Waals surface area contributed by atoms with Crippen LogP contribution in [0.4, 0.5) is 0 Å². The van der Waals surface area contributed by atoms with Gasteiger partial charge in [-0.25, -0.2) is 0 Å². The van der Waals surface area contributed by atoms with Gasteiger partial charge < -0.3 is 14.2 Å². The Labute approximate surface area is 160 Å². The standard InChI is InChI=1S/C21H30O6/c1-5-26-20(24)10-15-12(2)6-18(23)17-9-19(27-11-25-4)14-7-13(22)8-16(14)21(15,17)3/h6,14-17,19H,5,7-11H2,1-4H3/t14-,15+,16+,17-,19+,21+/m0/s1. The topological polar surface area (TPSA) is 78.9 Å². The van der Waals surface area contributed by atoms with Crippen molar-refractivity contribution in [1.82, 2.24) is 0 Å². The second-order valence-corrected chi connectivity index (χ2v) is 8.34. The smallest absolute Gasteiger partial charge is 0.306 e. The first-order valence-electron chi connectivity index (χ1n) is 9.82. The zero-order valence-corrected chi connectivity index (χ0v) is 16.7. The number of ether oxygens (including phenoxy) is 3. The Morgan fingerprint density at radius 1 is 1.30 bits per heavy atom. The van der Waals surface area contributed by atoms with E-state index in [0.717, 1.165) is 5.57 Å². The van der Waals surface area contributed by atoms with Crippen LogP contribution in [0.25, 0.3) is 0 Å². The first kappa shape index (κ1) is 20.2. The van der Waals surface area contributed by atoms with Crippen molar-refractivity contribution in [3.8, 4) is 0 Å². The molecule has 0 amide bonds. The highest BCUT2D eigenvalue weighted by atomic mass is 16.7. The maximum Gasteiger partial charge on any atom is 0.306 e. The molecule has 6 nitrogen and oxygen atoms in total. The van der Waals surface area contributed by atoms with E-state index in [4.69, 9.17) is 14.2 Å². The van der Waals surface area contributed by atoms with E-state index < -0.39 is 5.41 Å². The molecule has 0 aliphatic heterocycles. The molecule has 2 saturated carbocycles. The molecule has 0 aromatic rings. The van der Waals surface area contributed by atoms with E-state index in [9.17, 15) is 14.4 Å². The molecule has 0 radical (unpaired) electrons. The normalized spacial score (nSPS) is 38.2. The average Bonchev–Trinajstić information content (AvgIpc) is 3.01. The lowest BCUT2D eigenvalue weighted by Crippen LogP contribution is -2.56. The van der Waals surface area contributed by atoms with Crippen LogP contribution in [0.2, 0.25) is 0 Å². The molecule has 6 atom stereocenters. The fourth-order valence-electron chi connectivity index (χ4n) is 5.83. The van der Waals surface area contributed by atoms with E-state index in [1.54, 1.807) is 20.1 Å². The number of allylic oxidation sites excluding steroid dienone is 2. The molecule has 0 saturated heterocycles. The van der Waals surface area contributed by atoms with Crippen molar-refractivity contribution in [2.45, 2.75) is 52.6 Å². The number of fused-ring (bicyclic) bond motifs is 3. The van der Waals surface area contributed by atoms with Gasteiger partial charge in [0.05, 0.1) is 19.1 Å². The predicted molar refractivity (Wildman–Crippen MR) is 97.7 cm³/mol. The fraction of sp³-hybridized carbons (Fsp3) is 0.762. The number of hydrogen-bond acceptors (Lipinski definition) is 6. The minimum absolute atomic E-state index is 0.0256. The molecule has 0 aromatic heterocycles. The van der Waals surface area contributed by atoms with Crippen LogP contribution >= 0.6 is 0 Å². The van der Waals surface area contributed by atoms with Crippen LogP contribution in [0.5, 0.6) is 0 Å². The molecule has 27 heavy (non-hydrogen) atoms. The Hall–Kier alpha value is -1.53. The summed E-state index contributed by atoms with van der Waals surface area (Å²) in [4.78, 5) is 37.6. The highest BCUT2D eigenvalue weighted by molar-refractivity contribution is 5.95. The zero-order valence-electron chi connectivity index (χ0n) is 16.7. The summed E-state index contributed by atoms with van der Waals surface area (Å²) in [6, 6.07) is 0. The molecule has 3 aliphatic rings. The van der Waals surface area contributed by atoms with E-state index >= 15 is 0 Å². The third-order valence-electron chi connectivity index (χ3n) is 7.01. The maximum absolute atomic E-state index is 12.9. The van der Waals surface area contributed by atoms with Gasteiger partial charge >= 0.3 is 5.97 Å². The first-order valence-corrected chi connectivity index (χ1v) is 9.82. The van der Waals surface area contributed by atoms with Crippen LogP contribution in [0.1, 0.15) is 46.5 Å². The summed E-state index contributed by atoms with van der Waals surface area (Å²) >= 11 is 0. The van der Waals surface area contributed by atoms with Crippen molar-refractivity contribution in [2.24, 2.45) is 29.1 Å². The number of Topliss-reactive ketones (excluding diaryl/α,β-unsaturated/α-hetero) is 1. The quantitative estimate of drug-likeness (QED) is 0.522. The third kappa shape index (κ3) is 3.49. The monoisotopic (exact) mass is 378 g/mol. The Bertz CT molecular complexity index is 653. The van der Waals surface area contributed by atoms with Gasteiger partial charge in [-0.05, 0) is 49.5 Å². The van der Waals surface area contributed by atoms with Crippen LogP contribution in [-0.4, -0.2) is 44.1 Å². The van der Waals surface area contributed by atoms with Gasteiger partial charge in [-0.1, -0.05) is 12.5 Å². The summed E-state index contributed by atoms with van der Waals surface area (Å²) in [6.07, 6.45) is 3.25. The number of carbonyl (C=O) groups excluding carboxylic acids is 3. The van der Waals surface area contributed by atoms with Gasteiger partial charge in [0.15, 0.2) is 5.78 Å². The summed E-state index contributed by atoms with van der Waals surface area (Å²) in [6.45, 7) is 6.30. The summed E-state index contributed by atoms with van der Waals surface area (Å²) in [5.41, 5.74) is 0.480.